The Hall–Kier alpha value is -0.450. The highest BCUT2D eigenvalue weighted by Crippen LogP contribution is 2.12. The van der Waals surface area contributed by atoms with Gasteiger partial charge in [-0.25, -0.2) is 0 Å². The van der Waals surface area contributed by atoms with Crippen molar-refractivity contribution in [2.45, 2.75) is 13.0 Å². The zero-order valence-corrected chi connectivity index (χ0v) is 10.9. The van der Waals surface area contributed by atoms with Crippen molar-refractivity contribution >= 4 is 15.9 Å². The predicted molar refractivity (Wildman–Crippen MR) is 66.8 cm³/mol. The van der Waals surface area contributed by atoms with Crippen molar-refractivity contribution in [1.29, 1.82) is 0 Å². The van der Waals surface area contributed by atoms with E-state index in [0.29, 0.717) is 0 Å². The van der Waals surface area contributed by atoms with Crippen LogP contribution in [0.5, 0.6) is 0 Å². The Labute approximate surface area is 100 Å². The predicted octanol–water partition coefficient (Wildman–Crippen LogP) is 1.89. The van der Waals surface area contributed by atoms with Gasteiger partial charge in [0.1, 0.15) is 0 Å². The largest absolute Gasteiger partial charge is 0.311 e. The number of halogens is 1. The number of nitrogens with zero attached hydrogens (tertiary/aromatic N) is 2. The second-order valence-electron chi connectivity index (χ2n) is 3.77. The molecule has 1 aromatic heterocycles. The average Bonchev–Trinajstić information content (AvgIpc) is 2.20. The smallest absolute Gasteiger partial charge is 0.0683 e. The summed E-state index contributed by atoms with van der Waals surface area (Å²) in [4.78, 5) is 6.48. The van der Waals surface area contributed by atoms with Gasteiger partial charge in [-0.2, -0.15) is 0 Å². The molecule has 0 amide bonds. The molecule has 1 heterocycles. The lowest BCUT2D eigenvalue weighted by Gasteiger charge is -2.09. The minimum Gasteiger partial charge on any atom is -0.311 e. The molecule has 0 unspecified atom stereocenters. The van der Waals surface area contributed by atoms with E-state index in [-0.39, 0.29) is 0 Å². The Kier molecular flexibility index (Phi) is 5.83. The zero-order valence-electron chi connectivity index (χ0n) is 9.33. The summed E-state index contributed by atoms with van der Waals surface area (Å²) in [6.45, 7) is 2.98. The molecule has 0 radical (unpaired) electrons. The molecule has 3 nitrogen and oxygen atoms in total. The maximum atomic E-state index is 4.29. The molecule has 0 spiro atoms. The average molecular weight is 272 g/mol. The molecule has 0 aliphatic rings. The third-order valence-electron chi connectivity index (χ3n) is 2.09. The Morgan fingerprint density at radius 2 is 2.27 bits per heavy atom. The van der Waals surface area contributed by atoms with Crippen molar-refractivity contribution in [1.82, 2.24) is 15.2 Å². The van der Waals surface area contributed by atoms with E-state index in [2.05, 4.69) is 45.2 Å². The van der Waals surface area contributed by atoms with E-state index in [1.54, 1.807) is 0 Å². The molecule has 0 aromatic carbocycles. The van der Waals surface area contributed by atoms with Crippen LogP contribution in [0.3, 0.4) is 0 Å². The normalized spacial score (nSPS) is 10.9. The quantitative estimate of drug-likeness (QED) is 0.801. The van der Waals surface area contributed by atoms with Crippen LogP contribution < -0.4 is 5.32 Å². The van der Waals surface area contributed by atoms with Gasteiger partial charge in [-0.1, -0.05) is 0 Å². The van der Waals surface area contributed by atoms with E-state index in [4.69, 9.17) is 0 Å². The Morgan fingerprint density at radius 3 is 2.93 bits per heavy atom. The fraction of sp³-hybridized carbons (Fsp3) is 0.545. The van der Waals surface area contributed by atoms with Gasteiger partial charge < -0.3 is 10.2 Å². The maximum Gasteiger partial charge on any atom is 0.0683 e. The molecule has 1 aromatic rings. The van der Waals surface area contributed by atoms with E-state index in [0.717, 1.165) is 36.2 Å². The van der Waals surface area contributed by atoms with Crippen LogP contribution >= 0.6 is 15.9 Å². The zero-order chi connectivity index (χ0) is 11.1. The Balaban J connectivity index is 2.18. The summed E-state index contributed by atoms with van der Waals surface area (Å²) in [7, 11) is 4.19. The summed E-state index contributed by atoms with van der Waals surface area (Å²) in [6, 6.07) is 3.95. The van der Waals surface area contributed by atoms with E-state index >= 15 is 0 Å². The van der Waals surface area contributed by atoms with Crippen LogP contribution in [0.2, 0.25) is 0 Å². The summed E-state index contributed by atoms with van der Waals surface area (Å²) in [5.41, 5.74) is 1.07. The summed E-state index contributed by atoms with van der Waals surface area (Å²) in [6.07, 6.45) is 2.99. The summed E-state index contributed by atoms with van der Waals surface area (Å²) >= 11 is 3.48. The summed E-state index contributed by atoms with van der Waals surface area (Å²) in [5.74, 6) is 0. The number of pyridine rings is 1. The highest BCUT2D eigenvalue weighted by molar-refractivity contribution is 9.10. The molecule has 0 aliphatic carbocycles. The van der Waals surface area contributed by atoms with Crippen molar-refractivity contribution < 1.29 is 0 Å². The minimum absolute atomic E-state index is 0.828. The minimum atomic E-state index is 0.828. The SMILES string of the molecule is CN(C)CCCNCc1ncccc1Br. The van der Waals surface area contributed by atoms with Crippen LogP contribution in [0, 0.1) is 0 Å². The Morgan fingerprint density at radius 1 is 1.47 bits per heavy atom. The van der Waals surface area contributed by atoms with Crippen LogP contribution in [0.1, 0.15) is 12.1 Å². The molecule has 4 heteroatoms. The first kappa shape index (κ1) is 12.6. The van der Waals surface area contributed by atoms with Crippen LogP contribution in [0.4, 0.5) is 0 Å². The third-order valence-corrected chi connectivity index (χ3v) is 2.81. The first-order valence-corrected chi connectivity index (χ1v) is 5.94. The fourth-order valence-corrected chi connectivity index (χ4v) is 1.67. The second-order valence-corrected chi connectivity index (χ2v) is 4.62. The third kappa shape index (κ3) is 5.25. The molecule has 0 fully saturated rings. The molecule has 84 valence electrons. The van der Waals surface area contributed by atoms with Crippen molar-refractivity contribution in [3.8, 4) is 0 Å². The summed E-state index contributed by atoms with van der Waals surface area (Å²) < 4.78 is 1.07. The van der Waals surface area contributed by atoms with Crippen molar-refractivity contribution in [2.24, 2.45) is 0 Å². The first-order valence-electron chi connectivity index (χ1n) is 5.15. The molecule has 0 saturated heterocycles. The molecule has 0 bridgehead atoms. The van der Waals surface area contributed by atoms with Gasteiger partial charge in [-0.15, -0.1) is 0 Å². The molecule has 1 rings (SSSR count). The van der Waals surface area contributed by atoms with E-state index in [9.17, 15) is 0 Å². The van der Waals surface area contributed by atoms with Gasteiger partial charge in [0.05, 0.1) is 5.69 Å². The standard InChI is InChI=1S/C11H18BrN3/c1-15(2)8-4-6-13-9-11-10(12)5-3-7-14-11/h3,5,7,13H,4,6,8-9H2,1-2H3. The van der Waals surface area contributed by atoms with Crippen molar-refractivity contribution in [3.63, 3.8) is 0 Å². The number of aromatic nitrogens is 1. The lowest BCUT2D eigenvalue weighted by molar-refractivity contribution is 0.394. The molecule has 1 N–H and O–H groups in total. The lowest BCUT2D eigenvalue weighted by Crippen LogP contribution is -2.21. The molecule has 0 atom stereocenters. The number of rotatable bonds is 6. The van der Waals surface area contributed by atoms with Gasteiger partial charge in [-0.3, -0.25) is 4.98 Å². The number of hydrogen-bond acceptors (Lipinski definition) is 3. The van der Waals surface area contributed by atoms with Gasteiger partial charge in [0, 0.05) is 17.2 Å². The van der Waals surface area contributed by atoms with Crippen LogP contribution in [-0.2, 0) is 6.54 Å². The second kappa shape index (κ2) is 6.93. The molecular formula is C11H18BrN3. The highest BCUT2D eigenvalue weighted by atomic mass is 79.9. The topological polar surface area (TPSA) is 28.2 Å². The van der Waals surface area contributed by atoms with Crippen molar-refractivity contribution in [3.05, 3.63) is 28.5 Å². The van der Waals surface area contributed by atoms with Crippen molar-refractivity contribution in [2.75, 3.05) is 27.2 Å². The highest BCUT2D eigenvalue weighted by Gasteiger charge is 1.98. The maximum absolute atomic E-state index is 4.29. The lowest BCUT2D eigenvalue weighted by atomic mass is 10.3. The first-order chi connectivity index (χ1) is 7.20. The molecule has 15 heavy (non-hydrogen) atoms. The monoisotopic (exact) mass is 271 g/mol. The van der Waals surface area contributed by atoms with Gasteiger partial charge in [-0.05, 0) is 61.7 Å². The molecule has 0 aliphatic heterocycles. The van der Waals surface area contributed by atoms with Gasteiger partial charge in [0.15, 0.2) is 0 Å². The van der Waals surface area contributed by atoms with E-state index in [1.807, 2.05) is 18.3 Å². The number of nitrogens with one attached hydrogen (secondary N) is 1. The fourth-order valence-electron chi connectivity index (χ4n) is 1.28. The summed E-state index contributed by atoms with van der Waals surface area (Å²) in [5, 5.41) is 3.38. The van der Waals surface area contributed by atoms with Crippen LogP contribution in [0.15, 0.2) is 22.8 Å². The molecular weight excluding hydrogens is 254 g/mol. The van der Waals surface area contributed by atoms with Gasteiger partial charge in [0.2, 0.25) is 0 Å². The van der Waals surface area contributed by atoms with Crippen LogP contribution in [0.25, 0.3) is 0 Å². The molecule has 0 saturated carbocycles. The number of hydrogen-bond donors (Lipinski definition) is 1. The van der Waals surface area contributed by atoms with E-state index in [1.165, 1.54) is 0 Å². The Bertz CT molecular complexity index is 289. The van der Waals surface area contributed by atoms with Crippen LogP contribution in [-0.4, -0.2) is 37.1 Å². The van der Waals surface area contributed by atoms with Gasteiger partial charge >= 0.3 is 0 Å². The van der Waals surface area contributed by atoms with E-state index < -0.39 is 0 Å². The van der Waals surface area contributed by atoms with Gasteiger partial charge in [0.25, 0.3) is 0 Å².